The number of hydrogen-bond donors (Lipinski definition) is 0. The van der Waals surface area contributed by atoms with E-state index in [0.29, 0.717) is 6.04 Å². The molecule has 0 aromatic rings. The van der Waals surface area contributed by atoms with Crippen molar-refractivity contribution in [2.45, 2.75) is 77.0 Å². The van der Waals surface area contributed by atoms with Gasteiger partial charge in [-0.3, -0.25) is 4.90 Å². The van der Waals surface area contributed by atoms with Gasteiger partial charge in [0.1, 0.15) is 0 Å². The Morgan fingerprint density at radius 1 is 1.22 bits per heavy atom. The molecule has 5 heteroatoms. The van der Waals surface area contributed by atoms with Crippen molar-refractivity contribution in [3.05, 3.63) is 11.5 Å². The van der Waals surface area contributed by atoms with Crippen molar-refractivity contribution in [2.24, 2.45) is 0 Å². The summed E-state index contributed by atoms with van der Waals surface area (Å²) in [5, 5.41) is 0. The van der Waals surface area contributed by atoms with Gasteiger partial charge in [-0.05, 0) is 58.3 Å². The first-order chi connectivity index (χ1) is 11.0. The highest BCUT2D eigenvalue weighted by atomic mass is 16.7. The maximum absolute atomic E-state index is 6.33. The van der Waals surface area contributed by atoms with Crippen LogP contribution in [-0.2, 0) is 14.0 Å². The average Bonchev–Trinajstić information content (AvgIpc) is 2.74. The highest BCUT2D eigenvalue weighted by Crippen LogP contribution is 2.42. The third-order valence-electron chi connectivity index (χ3n) is 6.21. The lowest BCUT2D eigenvalue weighted by atomic mass is 9.71. The van der Waals surface area contributed by atoms with Gasteiger partial charge in [0.05, 0.1) is 17.8 Å². The predicted octanol–water partition coefficient (Wildman–Crippen LogP) is 3.21. The molecule has 3 aliphatic rings. The number of nitrogens with zero attached hydrogens (tertiary/aromatic N) is 1. The van der Waals surface area contributed by atoms with Gasteiger partial charge in [-0.25, -0.2) is 0 Å². The summed E-state index contributed by atoms with van der Waals surface area (Å²) in [7, 11) is -0.150. The normalized spacial score (nSPS) is 35.9. The minimum Gasteiger partial charge on any atom is -0.400 e. The van der Waals surface area contributed by atoms with Crippen molar-refractivity contribution in [3.8, 4) is 0 Å². The van der Waals surface area contributed by atoms with Crippen molar-refractivity contribution in [3.63, 3.8) is 0 Å². The lowest BCUT2D eigenvalue weighted by Gasteiger charge is -2.35. The molecule has 2 heterocycles. The first-order valence-corrected chi connectivity index (χ1v) is 9.31. The maximum atomic E-state index is 6.33. The van der Waals surface area contributed by atoms with Crippen molar-refractivity contribution in [1.82, 2.24) is 4.90 Å². The molecule has 0 aromatic carbocycles. The Hall–Kier alpha value is -0.355. The summed E-state index contributed by atoms with van der Waals surface area (Å²) < 4.78 is 18.2. The predicted molar refractivity (Wildman–Crippen MR) is 93.4 cm³/mol. The number of hydrogen-bond acceptors (Lipinski definition) is 4. The molecular formula is C18H32BNO3. The zero-order chi connectivity index (χ0) is 16.5. The van der Waals surface area contributed by atoms with Crippen molar-refractivity contribution in [2.75, 3.05) is 26.3 Å². The van der Waals surface area contributed by atoms with E-state index in [1.807, 2.05) is 0 Å². The summed E-state index contributed by atoms with van der Waals surface area (Å²) in [5.74, 6) is 0. The lowest BCUT2D eigenvalue weighted by Crippen LogP contribution is -2.44. The lowest BCUT2D eigenvalue weighted by molar-refractivity contribution is -0.0118. The molecule has 0 saturated carbocycles. The van der Waals surface area contributed by atoms with Gasteiger partial charge in [0, 0.05) is 25.7 Å². The first-order valence-electron chi connectivity index (χ1n) is 9.31. The molecule has 23 heavy (non-hydrogen) atoms. The fourth-order valence-corrected chi connectivity index (χ4v) is 3.97. The molecule has 2 atom stereocenters. The van der Waals surface area contributed by atoms with Gasteiger partial charge in [-0.1, -0.05) is 13.0 Å². The Bertz CT molecular complexity index is 446. The van der Waals surface area contributed by atoms with E-state index in [9.17, 15) is 0 Å². The Balaban J connectivity index is 1.61. The van der Waals surface area contributed by atoms with Gasteiger partial charge in [0.15, 0.2) is 0 Å². The van der Waals surface area contributed by atoms with E-state index in [4.69, 9.17) is 14.0 Å². The summed E-state index contributed by atoms with van der Waals surface area (Å²) in [6, 6.07) is 0.660. The first kappa shape index (κ1) is 17.5. The standard InChI is InChI=1S/C18H32BNO3/c1-5-18(4)17(2,3)22-19(23-18)15-7-9-16(10-8-15)20-11-6-13-21-14-12-20/h7,16H,5-6,8-14H2,1-4H3. The van der Waals surface area contributed by atoms with Crippen LogP contribution in [0.25, 0.3) is 0 Å². The quantitative estimate of drug-likeness (QED) is 0.747. The maximum Gasteiger partial charge on any atom is 0.490 e. The molecule has 2 unspecified atom stereocenters. The third kappa shape index (κ3) is 3.53. The highest BCUT2D eigenvalue weighted by molar-refractivity contribution is 6.54. The summed E-state index contributed by atoms with van der Waals surface area (Å²) in [6.07, 6.45) is 7.91. The second kappa shape index (κ2) is 6.87. The molecule has 2 aliphatic heterocycles. The Kier molecular flexibility index (Phi) is 5.22. The monoisotopic (exact) mass is 321 g/mol. The van der Waals surface area contributed by atoms with Crippen LogP contribution in [0.5, 0.6) is 0 Å². The van der Waals surface area contributed by atoms with Crippen molar-refractivity contribution >= 4 is 7.12 Å². The van der Waals surface area contributed by atoms with E-state index in [1.165, 1.54) is 18.4 Å². The summed E-state index contributed by atoms with van der Waals surface area (Å²) in [6.45, 7) is 12.7. The molecule has 0 amide bonds. The minimum atomic E-state index is -0.230. The number of allylic oxidation sites excluding steroid dienone is 1. The zero-order valence-electron chi connectivity index (χ0n) is 15.3. The van der Waals surface area contributed by atoms with Crippen LogP contribution in [-0.4, -0.2) is 55.6 Å². The van der Waals surface area contributed by atoms with Crippen LogP contribution in [0, 0.1) is 0 Å². The molecule has 0 N–H and O–H groups in total. The van der Waals surface area contributed by atoms with Gasteiger partial charge < -0.3 is 14.0 Å². The van der Waals surface area contributed by atoms with Gasteiger partial charge in [0.25, 0.3) is 0 Å². The largest absolute Gasteiger partial charge is 0.490 e. The fourth-order valence-electron chi connectivity index (χ4n) is 3.97. The van der Waals surface area contributed by atoms with Gasteiger partial charge in [-0.15, -0.1) is 0 Å². The van der Waals surface area contributed by atoms with E-state index in [2.05, 4.69) is 38.7 Å². The topological polar surface area (TPSA) is 30.9 Å². The van der Waals surface area contributed by atoms with Crippen LogP contribution in [0.3, 0.4) is 0 Å². The number of ether oxygens (including phenoxy) is 1. The second-order valence-corrected chi connectivity index (χ2v) is 7.87. The van der Waals surface area contributed by atoms with E-state index < -0.39 is 0 Å². The van der Waals surface area contributed by atoms with E-state index >= 15 is 0 Å². The minimum absolute atomic E-state index is 0.150. The molecule has 0 spiro atoms. The van der Waals surface area contributed by atoms with E-state index in [-0.39, 0.29) is 18.3 Å². The molecule has 0 radical (unpaired) electrons. The molecule has 1 aliphatic carbocycles. The van der Waals surface area contributed by atoms with Crippen LogP contribution in [0.1, 0.15) is 59.8 Å². The SMILES string of the molecule is CCC1(C)OB(C2=CCC(N3CCCOCC3)CC2)OC1(C)C. The number of rotatable bonds is 3. The van der Waals surface area contributed by atoms with Crippen LogP contribution >= 0.6 is 0 Å². The van der Waals surface area contributed by atoms with E-state index in [1.54, 1.807) is 0 Å². The fraction of sp³-hybridized carbons (Fsp3) is 0.889. The molecule has 0 aromatic heterocycles. The van der Waals surface area contributed by atoms with Crippen molar-refractivity contribution < 1.29 is 14.0 Å². The highest BCUT2D eigenvalue weighted by Gasteiger charge is 2.54. The Morgan fingerprint density at radius 3 is 2.70 bits per heavy atom. The van der Waals surface area contributed by atoms with Gasteiger partial charge >= 0.3 is 7.12 Å². The molecule has 2 fully saturated rings. The Morgan fingerprint density at radius 2 is 2.04 bits per heavy atom. The molecule has 2 saturated heterocycles. The molecule has 0 bridgehead atoms. The summed E-state index contributed by atoms with van der Waals surface area (Å²) in [5.41, 5.74) is 0.918. The summed E-state index contributed by atoms with van der Waals surface area (Å²) in [4.78, 5) is 2.61. The van der Waals surface area contributed by atoms with Crippen LogP contribution in [0.15, 0.2) is 11.5 Å². The van der Waals surface area contributed by atoms with Gasteiger partial charge in [0.2, 0.25) is 0 Å². The zero-order valence-corrected chi connectivity index (χ0v) is 15.3. The van der Waals surface area contributed by atoms with Crippen molar-refractivity contribution in [1.29, 1.82) is 0 Å². The smallest absolute Gasteiger partial charge is 0.400 e. The summed E-state index contributed by atoms with van der Waals surface area (Å²) >= 11 is 0. The Labute approximate surface area is 141 Å². The van der Waals surface area contributed by atoms with Crippen LogP contribution in [0.4, 0.5) is 0 Å². The van der Waals surface area contributed by atoms with E-state index in [0.717, 1.165) is 45.4 Å². The third-order valence-corrected chi connectivity index (χ3v) is 6.21. The second-order valence-electron chi connectivity index (χ2n) is 7.87. The van der Waals surface area contributed by atoms with Crippen LogP contribution < -0.4 is 0 Å². The molecule has 4 nitrogen and oxygen atoms in total. The van der Waals surface area contributed by atoms with Crippen LogP contribution in [0.2, 0.25) is 0 Å². The van der Waals surface area contributed by atoms with Gasteiger partial charge in [-0.2, -0.15) is 0 Å². The molecule has 3 rings (SSSR count). The molecular weight excluding hydrogens is 289 g/mol. The molecule has 130 valence electrons. The average molecular weight is 321 g/mol.